The Morgan fingerprint density at radius 2 is 0.542 bits per heavy atom. The average Bonchev–Trinajstić information content (AvgIpc) is 3.17. The van der Waals surface area contributed by atoms with Crippen molar-refractivity contribution < 1.29 is 0 Å². The first-order valence-electron chi connectivity index (χ1n) is 16.9. The Morgan fingerprint density at radius 3 is 0.854 bits per heavy atom. The molecule has 0 aliphatic carbocycles. The summed E-state index contributed by atoms with van der Waals surface area (Å²) < 4.78 is 0. The lowest BCUT2D eigenvalue weighted by Crippen LogP contribution is -3.01. The first-order chi connectivity index (χ1) is 23.6. The summed E-state index contributed by atoms with van der Waals surface area (Å²) in [4.78, 5) is 0. The van der Waals surface area contributed by atoms with Crippen LogP contribution in [0.25, 0.3) is 0 Å². The fourth-order valence-corrected chi connectivity index (χ4v) is 78.0. The summed E-state index contributed by atoms with van der Waals surface area (Å²) in [6.45, 7) is 5.44. The van der Waals surface area contributed by atoms with Crippen LogP contribution in [0.15, 0.2) is 212 Å². The van der Waals surface area contributed by atoms with Crippen LogP contribution in [0.1, 0.15) is 0 Å². The third kappa shape index (κ3) is 5.26. The lowest BCUT2D eigenvalue weighted by Gasteiger charge is -2.59. The largest absolute Gasteiger partial charge is 0.121 e. The van der Waals surface area contributed by atoms with Crippen LogP contribution in [0.4, 0.5) is 0 Å². The predicted octanol–water partition coefficient (Wildman–Crippen LogP) is 5.67. The third-order valence-corrected chi connectivity index (χ3v) is 60.1. The highest BCUT2D eigenvalue weighted by atomic mass is 29.8. The lowest BCUT2D eigenvalue weighted by molar-refractivity contribution is 1.68. The molecule has 0 N–H and O–H groups in total. The van der Waals surface area contributed by atoms with Gasteiger partial charge in [-0.1, -0.05) is 262 Å². The van der Waals surface area contributed by atoms with Gasteiger partial charge < -0.3 is 0 Å². The SMILES string of the molecule is C[Si](C)(c1ccccc1)[Si](c1ccccc1)(c1ccccc1)[Si](c1ccccc1)(c1ccccc1)[Si](c1ccccc1)c1ccccc1. The molecule has 0 heterocycles. The van der Waals surface area contributed by atoms with Crippen molar-refractivity contribution in [2.24, 2.45) is 0 Å². The van der Waals surface area contributed by atoms with E-state index < -0.39 is 30.1 Å². The summed E-state index contributed by atoms with van der Waals surface area (Å²) in [5.74, 6) is 0. The summed E-state index contributed by atoms with van der Waals surface area (Å²) in [6, 6.07) is 82.3. The Balaban J connectivity index is 1.82. The van der Waals surface area contributed by atoms with Gasteiger partial charge in [0.25, 0.3) is 0 Å². The van der Waals surface area contributed by atoms with E-state index in [0.717, 1.165) is 0 Å². The monoisotopic (exact) mass is 681 g/mol. The van der Waals surface area contributed by atoms with Gasteiger partial charge in [0, 0.05) is 0 Å². The Labute approximate surface area is 290 Å². The molecule has 0 bridgehead atoms. The van der Waals surface area contributed by atoms with Crippen molar-refractivity contribution in [1.29, 1.82) is 0 Å². The zero-order valence-corrected chi connectivity index (χ0v) is 31.7. The summed E-state index contributed by atoms with van der Waals surface area (Å²) in [5.41, 5.74) is 0. The molecule has 1 radical (unpaired) electrons. The van der Waals surface area contributed by atoms with Gasteiger partial charge in [0.05, 0.1) is 7.59 Å². The minimum atomic E-state index is -2.94. The van der Waals surface area contributed by atoms with Gasteiger partial charge >= 0.3 is 0 Å². The summed E-state index contributed by atoms with van der Waals surface area (Å²) in [6.07, 6.45) is 0. The van der Waals surface area contributed by atoms with Crippen LogP contribution in [0.5, 0.6) is 0 Å². The molecular weight excluding hydrogens is 641 g/mol. The van der Waals surface area contributed by atoms with E-state index in [9.17, 15) is 0 Å². The number of rotatable bonds is 10. The van der Waals surface area contributed by atoms with E-state index in [4.69, 9.17) is 0 Å². The van der Waals surface area contributed by atoms with E-state index in [1.54, 1.807) is 20.7 Å². The maximum absolute atomic E-state index is 2.94. The van der Waals surface area contributed by atoms with Crippen LogP contribution in [-0.4, -0.2) is 30.1 Å². The van der Waals surface area contributed by atoms with E-state index in [1.807, 2.05) is 0 Å². The Kier molecular flexibility index (Phi) is 9.24. The first-order valence-corrected chi connectivity index (χ1v) is 28.4. The van der Waals surface area contributed by atoms with Crippen molar-refractivity contribution in [1.82, 2.24) is 0 Å². The molecule has 0 fully saturated rings. The normalized spacial score (nSPS) is 12.1. The summed E-state index contributed by atoms with van der Waals surface area (Å²) in [7, 11) is -9.77. The molecule has 0 atom stereocenters. The zero-order valence-electron chi connectivity index (χ0n) is 27.7. The van der Waals surface area contributed by atoms with E-state index in [0.29, 0.717) is 0 Å². The highest BCUT2D eigenvalue weighted by molar-refractivity contribution is 7.95. The molecule has 0 saturated heterocycles. The number of hydrogen-bond acceptors (Lipinski definition) is 0. The molecule has 0 aromatic heterocycles. The molecule has 233 valence electrons. The second kappa shape index (κ2) is 13.9. The number of hydrogen-bond donors (Lipinski definition) is 0. The molecule has 0 amide bonds. The second-order valence-corrected chi connectivity index (χ2v) is 41.4. The van der Waals surface area contributed by atoms with Gasteiger partial charge in [0.1, 0.15) is 22.5 Å². The van der Waals surface area contributed by atoms with E-state index in [-0.39, 0.29) is 0 Å². The van der Waals surface area contributed by atoms with Crippen LogP contribution < -0.4 is 36.3 Å². The molecule has 7 aromatic carbocycles. The molecule has 0 nitrogen and oxygen atoms in total. The molecule has 7 rings (SSSR count). The van der Waals surface area contributed by atoms with Crippen LogP contribution in [-0.2, 0) is 0 Å². The van der Waals surface area contributed by atoms with Crippen LogP contribution in [0.2, 0.25) is 13.1 Å². The van der Waals surface area contributed by atoms with Gasteiger partial charge in [0.2, 0.25) is 0 Å². The van der Waals surface area contributed by atoms with Crippen molar-refractivity contribution in [2.45, 2.75) is 13.1 Å². The maximum atomic E-state index is 2.72. The van der Waals surface area contributed by atoms with Gasteiger partial charge in [0.15, 0.2) is 0 Å². The lowest BCUT2D eigenvalue weighted by atomic mass is 10.4. The molecule has 0 saturated carbocycles. The standard InChI is InChI=1S/C44H41Si4/c1-46(2,40-28-14-5-15-29-40)48(43-34-20-8-21-35-43,44-36-22-9-23-37-44)47(41-30-16-6-17-31-41,42-32-18-7-19-33-42)45(38-24-10-3-11-25-38)39-26-12-4-13-27-39/h3-37H,1-2H3. The molecule has 4 heteroatoms. The number of benzene rings is 7. The smallest absolute Gasteiger partial charge is 0.0670 e. The van der Waals surface area contributed by atoms with Crippen molar-refractivity contribution in [3.05, 3.63) is 212 Å². The van der Waals surface area contributed by atoms with E-state index in [2.05, 4.69) is 225 Å². The highest BCUT2D eigenvalue weighted by Crippen LogP contribution is 2.32. The third-order valence-electron chi connectivity index (χ3n) is 10.3. The molecular formula is C44H41Si4. The Hall–Kier alpha value is -4.59. The zero-order chi connectivity index (χ0) is 32.9. The quantitative estimate of drug-likeness (QED) is 0.163. The summed E-state index contributed by atoms with van der Waals surface area (Å²) >= 11 is 0. The van der Waals surface area contributed by atoms with Gasteiger partial charge in [-0.2, -0.15) is 0 Å². The molecule has 7 aromatic rings. The molecule has 0 spiro atoms. The molecule has 0 aliphatic rings. The fraction of sp³-hybridized carbons (Fsp3) is 0.0455. The van der Waals surface area contributed by atoms with Crippen LogP contribution >= 0.6 is 0 Å². The van der Waals surface area contributed by atoms with Crippen LogP contribution in [0, 0.1) is 0 Å². The minimum absolute atomic E-state index is 1.50. The van der Waals surface area contributed by atoms with Gasteiger partial charge in [-0.25, -0.2) is 0 Å². The second-order valence-electron chi connectivity index (χ2n) is 13.1. The van der Waals surface area contributed by atoms with Crippen molar-refractivity contribution in [2.75, 3.05) is 0 Å². The minimum Gasteiger partial charge on any atom is -0.0670 e. The van der Waals surface area contributed by atoms with E-state index in [1.165, 1.54) is 15.6 Å². The molecule has 0 unspecified atom stereocenters. The van der Waals surface area contributed by atoms with Crippen molar-refractivity contribution in [3.8, 4) is 0 Å². The Bertz CT molecular complexity index is 1900. The summed E-state index contributed by atoms with van der Waals surface area (Å²) in [5, 5.41) is 10.7. The van der Waals surface area contributed by atoms with Crippen molar-refractivity contribution in [3.63, 3.8) is 0 Å². The predicted molar refractivity (Wildman–Crippen MR) is 217 cm³/mol. The Morgan fingerprint density at radius 1 is 0.292 bits per heavy atom. The molecule has 48 heavy (non-hydrogen) atoms. The van der Waals surface area contributed by atoms with Gasteiger partial charge in [-0.3, -0.25) is 0 Å². The highest BCUT2D eigenvalue weighted by Gasteiger charge is 2.70. The maximum Gasteiger partial charge on any atom is 0.121 e. The van der Waals surface area contributed by atoms with Gasteiger partial charge in [-0.05, 0) is 0 Å². The first kappa shape index (κ1) is 32.0. The molecule has 0 aliphatic heterocycles. The average molecular weight is 682 g/mol. The fourth-order valence-electron chi connectivity index (χ4n) is 8.50. The van der Waals surface area contributed by atoms with E-state index >= 15 is 0 Å². The van der Waals surface area contributed by atoms with Gasteiger partial charge in [-0.15, -0.1) is 0 Å². The topological polar surface area (TPSA) is 0 Å². The van der Waals surface area contributed by atoms with Crippen molar-refractivity contribution >= 4 is 66.4 Å². The van der Waals surface area contributed by atoms with Crippen LogP contribution in [0.3, 0.4) is 0 Å².